The Labute approximate surface area is 90.6 Å². The van der Waals surface area contributed by atoms with Gasteiger partial charge in [-0.1, -0.05) is 12.1 Å². The minimum absolute atomic E-state index is 0.668. The van der Waals surface area contributed by atoms with Crippen molar-refractivity contribution in [3.63, 3.8) is 0 Å². The summed E-state index contributed by atoms with van der Waals surface area (Å²) in [6, 6.07) is 2.62. The van der Waals surface area contributed by atoms with Gasteiger partial charge in [0.25, 0.3) is 0 Å². The van der Waals surface area contributed by atoms with Crippen LogP contribution in [-0.2, 0) is 6.54 Å². The lowest BCUT2D eigenvalue weighted by Crippen LogP contribution is -2.36. The van der Waals surface area contributed by atoms with Gasteiger partial charge in [-0.3, -0.25) is 4.90 Å². The van der Waals surface area contributed by atoms with Crippen LogP contribution in [-0.4, -0.2) is 35.7 Å². The van der Waals surface area contributed by atoms with Crippen LogP contribution < -0.4 is 5.32 Å². The molecule has 1 N–H and O–H groups in total. The third-order valence-corrected chi connectivity index (χ3v) is 2.92. The molecule has 0 bridgehead atoms. The highest BCUT2D eigenvalue weighted by Crippen LogP contribution is 2.12. The van der Waals surface area contributed by atoms with Crippen LogP contribution in [0.1, 0.15) is 25.5 Å². The van der Waals surface area contributed by atoms with E-state index in [1.54, 1.807) is 6.26 Å². The van der Waals surface area contributed by atoms with Crippen molar-refractivity contribution in [3.05, 3.63) is 18.0 Å². The van der Waals surface area contributed by atoms with Crippen LogP contribution in [0.25, 0.3) is 0 Å². The molecule has 84 valence electrons. The van der Waals surface area contributed by atoms with E-state index in [9.17, 15) is 0 Å². The lowest BCUT2D eigenvalue weighted by atomic mass is 10.2. The van der Waals surface area contributed by atoms with Crippen molar-refractivity contribution >= 4 is 0 Å². The van der Waals surface area contributed by atoms with Crippen LogP contribution in [0.3, 0.4) is 0 Å². The van der Waals surface area contributed by atoms with E-state index in [2.05, 4.69) is 22.3 Å². The molecule has 1 saturated heterocycles. The quantitative estimate of drug-likeness (QED) is 0.792. The number of rotatable bonds is 5. The monoisotopic (exact) mass is 209 g/mol. The van der Waals surface area contributed by atoms with Crippen LogP contribution in [0.5, 0.6) is 0 Å². The summed E-state index contributed by atoms with van der Waals surface area (Å²) in [5.74, 6) is 0. The van der Waals surface area contributed by atoms with Gasteiger partial charge in [-0.15, -0.1) is 0 Å². The fourth-order valence-electron chi connectivity index (χ4n) is 2.16. The molecule has 0 amide bonds. The molecule has 15 heavy (non-hydrogen) atoms. The second kappa shape index (κ2) is 5.28. The molecule has 2 heterocycles. The molecular formula is C11H19N3O. The van der Waals surface area contributed by atoms with Gasteiger partial charge in [0.05, 0.1) is 5.69 Å². The fraction of sp³-hybridized carbons (Fsp3) is 0.727. The normalized spacial score (nSPS) is 21.3. The summed E-state index contributed by atoms with van der Waals surface area (Å²) in [4.78, 5) is 2.50. The van der Waals surface area contributed by atoms with E-state index in [1.165, 1.54) is 12.8 Å². The van der Waals surface area contributed by atoms with Gasteiger partial charge in [0.15, 0.2) is 0 Å². The average molecular weight is 209 g/mol. The number of aromatic nitrogens is 1. The Bertz CT molecular complexity index is 267. The first-order valence-electron chi connectivity index (χ1n) is 5.74. The first-order valence-corrected chi connectivity index (χ1v) is 5.74. The molecule has 4 nitrogen and oxygen atoms in total. The maximum absolute atomic E-state index is 4.86. The molecule has 4 heteroatoms. The van der Waals surface area contributed by atoms with Gasteiger partial charge in [-0.25, -0.2) is 0 Å². The summed E-state index contributed by atoms with van der Waals surface area (Å²) in [5.41, 5.74) is 1.04. The van der Waals surface area contributed by atoms with E-state index >= 15 is 0 Å². The number of nitrogens with zero attached hydrogens (tertiary/aromatic N) is 2. The zero-order valence-corrected chi connectivity index (χ0v) is 9.28. The van der Waals surface area contributed by atoms with Crippen LogP contribution in [0.4, 0.5) is 0 Å². The van der Waals surface area contributed by atoms with Crippen LogP contribution in [0.15, 0.2) is 16.9 Å². The number of hydrogen-bond donors (Lipinski definition) is 1. The minimum atomic E-state index is 0.668. The first-order chi connectivity index (χ1) is 7.40. The Morgan fingerprint density at radius 1 is 1.67 bits per heavy atom. The van der Waals surface area contributed by atoms with Crippen molar-refractivity contribution in [1.29, 1.82) is 0 Å². The Balaban J connectivity index is 1.93. The van der Waals surface area contributed by atoms with E-state index in [0.29, 0.717) is 6.04 Å². The van der Waals surface area contributed by atoms with Gasteiger partial charge < -0.3 is 9.84 Å². The second-order valence-electron chi connectivity index (χ2n) is 4.11. The zero-order chi connectivity index (χ0) is 10.5. The van der Waals surface area contributed by atoms with Crippen molar-refractivity contribution < 1.29 is 4.52 Å². The lowest BCUT2D eigenvalue weighted by Gasteiger charge is -2.26. The summed E-state index contributed by atoms with van der Waals surface area (Å²) in [6.45, 7) is 6.52. The van der Waals surface area contributed by atoms with E-state index in [0.717, 1.165) is 31.9 Å². The Morgan fingerprint density at radius 3 is 3.20 bits per heavy atom. The van der Waals surface area contributed by atoms with E-state index in [-0.39, 0.29) is 0 Å². The Hall–Kier alpha value is -0.870. The van der Waals surface area contributed by atoms with Crippen LogP contribution in [0.2, 0.25) is 0 Å². The molecule has 1 unspecified atom stereocenters. The highest BCUT2D eigenvalue weighted by Gasteiger charge is 2.22. The van der Waals surface area contributed by atoms with E-state index in [4.69, 9.17) is 4.52 Å². The lowest BCUT2D eigenvalue weighted by molar-refractivity contribution is 0.194. The summed E-state index contributed by atoms with van der Waals surface area (Å²) in [5, 5.41) is 7.38. The molecule has 1 atom stereocenters. The summed E-state index contributed by atoms with van der Waals surface area (Å²) in [6.07, 6.45) is 4.08. The molecule has 0 aromatic carbocycles. The molecule has 2 rings (SSSR count). The summed E-state index contributed by atoms with van der Waals surface area (Å²) in [7, 11) is 0. The van der Waals surface area contributed by atoms with Gasteiger partial charge in [0.2, 0.25) is 0 Å². The fourth-order valence-corrected chi connectivity index (χ4v) is 2.16. The highest BCUT2D eigenvalue weighted by molar-refractivity contribution is 4.96. The van der Waals surface area contributed by atoms with Crippen LogP contribution in [0, 0.1) is 0 Å². The van der Waals surface area contributed by atoms with Crippen LogP contribution >= 0.6 is 0 Å². The van der Waals surface area contributed by atoms with Crippen molar-refractivity contribution in [1.82, 2.24) is 15.4 Å². The predicted molar refractivity (Wildman–Crippen MR) is 58.5 cm³/mol. The zero-order valence-electron chi connectivity index (χ0n) is 9.28. The predicted octanol–water partition coefficient (Wildman–Crippen LogP) is 1.25. The smallest absolute Gasteiger partial charge is 0.124 e. The Kier molecular flexibility index (Phi) is 3.75. The second-order valence-corrected chi connectivity index (χ2v) is 4.11. The highest BCUT2D eigenvalue weighted by atomic mass is 16.5. The van der Waals surface area contributed by atoms with Gasteiger partial charge in [0.1, 0.15) is 6.26 Å². The molecule has 1 aromatic heterocycles. The van der Waals surface area contributed by atoms with Crippen molar-refractivity contribution in [3.8, 4) is 0 Å². The molecule has 1 fully saturated rings. The van der Waals surface area contributed by atoms with Gasteiger partial charge in [-0.2, -0.15) is 0 Å². The van der Waals surface area contributed by atoms with E-state index in [1.807, 2.05) is 6.07 Å². The largest absolute Gasteiger partial charge is 0.364 e. The van der Waals surface area contributed by atoms with Gasteiger partial charge in [-0.05, 0) is 25.9 Å². The molecule has 0 spiro atoms. The Morgan fingerprint density at radius 2 is 2.60 bits per heavy atom. The first kappa shape index (κ1) is 10.6. The van der Waals surface area contributed by atoms with Crippen molar-refractivity contribution in [2.45, 2.75) is 32.4 Å². The van der Waals surface area contributed by atoms with Crippen molar-refractivity contribution in [2.24, 2.45) is 0 Å². The SMILES string of the molecule is CCCN(Cc1ccon1)C1CCNC1. The number of hydrogen-bond acceptors (Lipinski definition) is 4. The molecular weight excluding hydrogens is 190 g/mol. The molecule has 0 aliphatic carbocycles. The van der Waals surface area contributed by atoms with Crippen molar-refractivity contribution in [2.75, 3.05) is 19.6 Å². The third-order valence-electron chi connectivity index (χ3n) is 2.92. The third kappa shape index (κ3) is 2.79. The molecule has 1 aliphatic heterocycles. The van der Waals surface area contributed by atoms with E-state index < -0.39 is 0 Å². The standard InChI is InChI=1S/C11H19N3O/c1-2-6-14(11-3-5-12-8-11)9-10-4-7-15-13-10/h4,7,11-12H,2-3,5-6,8-9H2,1H3. The summed E-state index contributed by atoms with van der Waals surface area (Å²) >= 11 is 0. The molecule has 1 aliphatic rings. The average Bonchev–Trinajstić information content (AvgIpc) is 2.89. The maximum Gasteiger partial charge on any atom is 0.124 e. The minimum Gasteiger partial charge on any atom is -0.364 e. The summed E-state index contributed by atoms with van der Waals surface area (Å²) < 4.78 is 4.86. The molecule has 0 saturated carbocycles. The molecule has 0 radical (unpaired) electrons. The van der Waals surface area contributed by atoms with Gasteiger partial charge in [0, 0.05) is 25.2 Å². The maximum atomic E-state index is 4.86. The molecule has 1 aromatic rings. The number of nitrogens with one attached hydrogen (secondary N) is 1. The van der Waals surface area contributed by atoms with Gasteiger partial charge >= 0.3 is 0 Å². The topological polar surface area (TPSA) is 41.3 Å².